The van der Waals surface area contributed by atoms with E-state index in [9.17, 15) is 4.79 Å². The lowest BCUT2D eigenvalue weighted by atomic mass is 10.3. The number of para-hydroxylation sites is 1. The molecule has 0 aliphatic carbocycles. The van der Waals surface area contributed by atoms with Crippen LogP contribution >= 0.6 is 0 Å². The molecule has 0 saturated heterocycles. The number of nitrogens with one attached hydrogen (secondary N) is 1. The summed E-state index contributed by atoms with van der Waals surface area (Å²) < 4.78 is 6.65. The molecule has 1 heterocycles. The minimum absolute atomic E-state index is 0.251. The standard InChI is InChI=1S/C9H9N3O2/c1-12-8(13)10-11-9(12)14-7-5-3-2-4-6-7/h2-6H,1H3,(H,10,13). The van der Waals surface area contributed by atoms with Gasteiger partial charge in [0, 0.05) is 7.05 Å². The van der Waals surface area contributed by atoms with Crippen molar-refractivity contribution in [2.24, 2.45) is 7.05 Å². The third-order valence-electron chi connectivity index (χ3n) is 1.79. The highest BCUT2D eigenvalue weighted by Crippen LogP contribution is 2.15. The lowest BCUT2D eigenvalue weighted by molar-refractivity contribution is 0.421. The normalized spacial score (nSPS) is 10.1. The van der Waals surface area contributed by atoms with Crippen LogP contribution in [-0.4, -0.2) is 14.8 Å². The minimum atomic E-state index is -0.295. The van der Waals surface area contributed by atoms with Gasteiger partial charge in [0.1, 0.15) is 5.75 Å². The van der Waals surface area contributed by atoms with Crippen molar-refractivity contribution in [2.75, 3.05) is 0 Å². The first-order valence-corrected chi connectivity index (χ1v) is 4.11. The second-order valence-corrected chi connectivity index (χ2v) is 2.79. The van der Waals surface area contributed by atoms with Gasteiger partial charge >= 0.3 is 11.7 Å². The van der Waals surface area contributed by atoms with Crippen molar-refractivity contribution in [3.8, 4) is 11.8 Å². The van der Waals surface area contributed by atoms with Crippen molar-refractivity contribution in [2.45, 2.75) is 0 Å². The summed E-state index contributed by atoms with van der Waals surface area (Å²) in [6, 6.07) is 9.41. The number of benzene rings is 1. The van der Waals surface area contributed by atoms with Crippen LogP contribution in [-0.2, 0) is 7.05 Å². The minimum Gasteiger partial charge on any atom is -0.424 e. The van der Waals surface area contributed by atoms with Crippen molar-refractivity contribution in [3.63, 3.8) is 0 Å². The summed E-state index contributed by atoms with van der Waals surface area (Å²) in [5, 5.41) is 6.00. The van der Waals surface area contributed by atoms with Crippen LogP contribution in [0, 0.1) is 0 Å². The Balaban J connectivity index is 2.28. The van der Waals surface area contributed by atoms with Gasteiger partial charge in [0.25, 0.3) is 0 Å². The molecule has 1 aromatic heterocycles. The molecule has 1 aromatic carbocycles. The average Bonchev–Trinajstić information content (AvgIpc) is 2.52. The zero-order chi connectivity index (χ0) is 9.97. The molecule has 5 nitrogen and oxygen atoms in total. The van der Waals surface area contributed by atoms with Crippen molar-refractivity contribution in [1.29, 1.82) is 0 Å². The molecule has 5 heteroatoms. The number of aromatic amines is 1. The molecule has 0 bridgehead atoms. The van der Waals surface area contributed by atoms with E-state index in [-0.39, 0.29) is 11.7 Å². The Kier molecular flexibility index (Phi) is 2.06. The summed E-state index contributed by atoms with van der Waals surface area (Å²) in [6.45, 7) is 0. The first-order valence-electron chi connectivity index (χ1n) is 4.11. The Morgan fingerprint density at radius 2 is 2.07 bits per heavy atom. The van der Waals surface area contributed by atoms with Crippen molar-refractivity contribution in [1.82, 2.24) is 14.8 Å². The number of ether oxygens (including phenoxy) is 1. The molecule has 0 aliphatic heterocycles. The molecule has 0 amide bonds. The fourth-order valence-electron chi connectivity index (χ4n) is 1.02. The van der Waals surface area contributed by atoms with E-state index in [1.165, 1.54) is 4.57 Å². The molecule has 0 fully saturated rings. The van der Waals surface area contributed by atoms with Crippen LogP contribution in [0.3, 0.4) is 0 Å². The molecule has 2 rings (SSSR count). The monoisotopic (exact) mass is 191 g/mol. The summed E-state index contributed by atoms with van der Waals surface area (Å²) in [5.74, 6) is 0.648. The Morgan fingerprint density at radius 3 is 2.64 bits per heavy atom. The molecule has 0 saturated carbocycles. The number of hydrogen-bond donors (Lipinski definition) is 1. The van der Waals surface area contributed by atoms with Gasteiger partial charge in [-0.2, -0.15) is 0 Å². The van der Waals surface area contributed by atoms with Crippen molar-refractivity contribution >= 4 is 0 Å². The predicted octanol–water partition coefficient (Wildman–Crippen LogP) is 0.901. The maximum absolute atomic E-state index is 11.0. The third-order valence-corrected chi connectivity index (χ3v) is 1.79. The lowest BCUT2D eigenvalue weighted by Crippen LogP contribution is -2.12. The van der Waals surface area contributed by atoms with E-state index in [4.69, 9.17) is 4.74 Å². The topological polar surface area (TPSA) is 59.9 Å². The van der Waals surface area contributed by atoms with Crippen LogP contribution < -0.4 is 10.4 Å². The van der Waals surface area contributed by atoms with E-state index in [2.05, 4.69) is 10.2 Å². The van der Waals surface area contributed by atoms with Crippen LogP contribution in [0.2, 0.25) is 0 Å². The Labute approximate surface area is 80.0 Å². The zero-order valence-electron chi connectivity index (χ0n) is 7.60. The maximum Gasteiger partial charge on any atom is 0.345 e. The van der Waals surface area contributed by atoms with Gasteiger partial charge in [0.2, 0.25) is 0 Å². The van der Waals surface area contributed by atoms with Gasteiger partial charge in [-0.05, 0) is 12.1 Å². The van der Waals surface area contributed by atoms with Gasteiger partial charge in [0.05, 0.1) is 0 Å². The van der Waals surface area contributed by atoms with Gasteiger partial charge in [0.15, 0.2) is 0 Å². The molecule has 2 aromatic rings. The van der Waals surface area contributed by atoms with Gasteiger partial charge in [-0.15, -0.1) is 5.10 Å². The molecule has 1 N–H and O–H groups in total. The largest absolute Gasteiger partial charge is 0.424 e. The fourth-order valence-corrected chi connectivity index (χ4v) is 1.02. The second kappa shape index (κ2) is 3.37. The zero-order valence-corrected chi connectivity index (χ0v) is 7.60. The van der Waals surface area contributed by atoms with Gasteiger partial charge in [-0.3, -0.25) is 0 Å². The van der Waals surface area contributed by atoms with Gasteiger partial charge in [-0.25, -0.2) is 14.5 Å². The first-order chi connectivity index (χ1) is 6.77. The van der Waals surface area contributed by atoms with Gasteiger partial charge < -0.3 is 4.74 Å². The summed E-state index contributed by atoms with van der Waals surface area (Å²) in [7, 11) is 1.59. The molecule has 0 spiro atoms. The predicted molar refractivity (Wildman–Crippen MR) is 50.3 cm³/mol. The number of nitrogens with zero attached hydrogens (tertiary/aromatic N) is 2. The molecular weight excluding hydrogens is 182 g/mol. The van der Waals surface area contributed by atoms with Crippen LogP contribution in [0.25, 0.3) is 0 Å². The summed E-state index contributed by atoms with van der Waals surface area (Å²) >= 11 is 0. The average molecular weight is 191 g/mol. The van der Waals surface area contributed by atoms with Crippen LogP contribution in [0.5, 0.6) is 11.8 Å². The summed E-state index contributed by atoms with van der Waals surface area (Å²) in [4.78, 5) is 11.0. The highest BCUT2D eigenvalue weighted by Gasteiger charge is 2.05. The van der Waals surface area contributed by atoms with E-state index >= 15 is 0 Å². The molecular formula is C9H9N3O2. The fraction of sp³-hybridized carbons (Fsp3) is 0.111. The molecule has 0 atom stereocenters. The van der Waals surface area contributed by atoms with E-state index in [0.29, 0.717) is 5.75 Å². The maximum atomic E-state index is 11.0. The molecule has 72 valence electrons. The SMILES string of the molecule is Cn1c(Oc2ccccc2)n[nH]c1=O. The lowest BCUT2D eigenvalue weighted by Gasteiger charge is -2.01. The molecule has 0 aliphatic rings. The van der Waals surface area contributed by atoms with E-state index in [1.807, 2.05) is 18.2 Å². The summed E-state index contributed by atoms with van der Waals surface area (Å²) in [5.41, 5.74) is -0.295. The number of rotatable bonds is 2. The highest BCUT2D eigenvalue weighted by atomic mass is 16.5. The van der Waals surface area contributed by atoms with E-state index in [1.54, 1.807) is 19.2 Å². The van der Waals surface area contributed by atoms with E-state index < -0.39 is 0 Å². The number of hydrogen-bond acceptors (Lipinski definition) is 3. The third kappa shape index (κ3) is 1.52. The Hall–Kier alpha value is -2.04. The van der Waals surface area contributed by atoms with E-state index in [0.717, 1.165) is 0 Å². The highest BCUT2D eigenvalue weighted by molar-refractivity contribution is 5.23. The quantitative estimate of drug-likeness (QED) is 0.767. The Morgan fingerprint density at radius 1 is 1.36 bits per heavy atom. The number of aromatic nitrogens is 3. The van der Waals surface area contributed by atoms with Crippen molar-refractivity contribution in [3.05, 3.63) is 40.8 Å². The smallest absolute Gasteiger partial charge is 0.345 e. The van der Waals surface area contributed by atoms with Crippen LogP contribution in [0.15, 0.2) is 35.1 Å². The molecule has 0 radical (unpaired) electrons. The van der Waals surface area contributed by atoms with Crippen molar-refractivity contribution < 1.29 is 4.74 Å². The molecule has 14 heavy (non-hydrogen) atoms. The summed E-state index contributed by atoms with van der Waals surface area (Å²) in [6.07, 6.45) is 0. The van der Waals surface area contributed by atoms with Gasteiger partial charge in [-0.1, -0.05) is 18.2 Å². The second-order valence-electron chi connectivity index (χ2n) is 2.79. The molecule has 0 unspecified atom stereocenters. The number of H-pyrrole nitrogens is 1. The van der Waals surface area contributed by atoms with Crippen LogP contribution in [0.1, 0.15) is 0 Å². The Bertz CT molecular complexity index is 472. The first kappa shape index (κ1) is 8.55. The van der Waals surface area contributed by atoms with Crippen LogP contribution in [0.4, 0.5) is 0 Å².